The molecule has 4 unspecified atom stereocenters. The van der Waals surface area contributed by atoms with Gasteiger partial charge in [0.1, 0.15) is 6.23 Å². The zero-order valence-electron chi connectivity index (χ0n) is 26.6. The fourth-order valence-electron chi connectivity index (χ4n) is 6.84. The molecule has 0 heterocycles. The van der Waals surface area contributed by atoms with E-state index >= 15 is 8.78 Å². The molecule has 1 fully saturated rings. The quantitative estimate of drug-likeness (QED) is 0.0859. The highest BCUT2D eigenvalue weighted by Gasteiger charge is 2.43. The first-order valence-corrected chi connectivity index (χ1v) is 18.7. The molecule has 8 heteroatoms. The Morgan fingerprint density at radius 3 is 2.34 bits per heavy atom. The molecule has 0 radical (unpaired) electrons. The predicted molar refractivity (Wildman–Crippen MR) is 169 cm³/mol. The Kier molecular flexibility index (Phi) is 15.6. The second kappa shape index (κ2) is 17.3. The van der Waals surface area contributed by atoms with Gasteiger partial charge in [0.2, 0.25) is 0 Å². The average Bonchev–Trinajstić information content (AvgIpc) is 3.62. The number of allylic oxidation sites excluding steroid dienone is 1. The third-order valence-electron chi connectivity index (χ3n) is 10.4. The van der Waals surface area contributed by atoms with Gasteiger partial charge in [0.15, 0.2) is 9.84 Å². The largest absolute Gasteiger partial charge is 0.378 e. The molecule has 0 aliphatic heterocycles. The lowest BCUT2D eigenvalue weighted by atomic mass is 9.76. The van der Waals surface area contributed by atoms with Crippen LogP contribution < -0.4 is 5.32 Å². The molecule has 2 N–H and O–H groups in total. The zero-order chi connectivity index (χ0) is 30.8. The van der Waals surface area contributed by atoms with Gasteiger partial charge < -0.3 is 5.11 Å². The van der Waals surface area contributed by atoms with Crippen molar-refractivity contribution in [3.05, 3.63) is 12.2 Å². The van der Waals surface area contributed by atoms with E-state index in [1.807, 2.05) is 19.9 Å². The van der Waals surface area contributed by atoms with Crippen LogP contribution in [-0.4, -0.2) is 48.6 Å². The molecule has 0 aromatic carbocycles. The second-order valence-corrected chi connectivity index (χ2v) is 16.6. The van der Waals surface area contributed by atoms with E-state index in [0.717, 1.165) is 50.4 Å². The Labute approximate surface area is 255 Å². The minimum absolute atomic E-state index is 0.0694. The highest BCUT2D eigenvalue weighted by Crippen LogP contribution is 2.43. The van der Waals surface area contributed by atoms with Crippen LogP contribution in [0.5, 0.6) is 0 Å². The third kappa shape index (κ3) is 12.0. The van der Waals surface area contributed by atoms with Gasteiger partial charge in [-0.1, -0.05) is 85.8 Å². The Balaban J connectivity index is 1.92. The number of halogens is 3. The van der Waals surface area contributed by atoms with Crippen molar-refractivity contribution in [1.29, 1.82) is 0 Å². The molecule has 242 valence electrons. The molecule has 0 spiro atoms. The average molecular weight is 624 g/mol. The summed E-state index contributed by atoms with van der Waals surface area (Å²) in [6, 6.07) is 0. The first-order chi connectivity index (χ1) is 19.2. The van der Waals surface area contributed by atoms with Crippen molar-refractivity contribution in [2.75, 3.05) is 12.3 Å². The van der Waals surface area contributed by atoms with Gasteiger partial charge in [-0.15, -0.1) is 11.6 Å². The standard InChI is InChI=1S/C33H60ClF2NO3S/c1-7-11-30(25(5)26(6)33(35,36)20-18-23(3)12-9-14-28-22-24(28)4)32(38)37-21-19-27-13-10-15-29(34)16-17-31(27)41(39,40)8-2/h16-17,23-32,37-38H,7-15,18-22H2,1-6H3/t23-,24-,25+,26-,27+,28?,29?,30?,31+,32?/m1/s1. The lowest BCUT2D eigenvalue weighted by Gasteiger charge is -2.37. The SMILES string of the molecule is CCCC(C(O)NCC[C@@H]1CCCC(Cl)C=C[C@@H]1S(=O)(=O)CC)[C@@H](C)[C@@H](C)C(F)(F)CC[C@H](C)CCCC1C[C@H]1C. The van der Waals surface area contributed by atoms with Crippen LogP contribution in [0.1, 0.15) is 119 Å². The number of aliphatic hydroxyl groups is 1. The molecule has 2 rings (SSSR count). The number of alkyl halides is 3. The van der Waals surface area contributed by atoms with E-state index < -0.39 is 33.2 Å². The third-order valence-corrected chi connectivity index (χ3v) is 12.9. The van der Waals surface area contributed by atoms with E-state index in [9.17, 15) is 13.5 Å². The summed E-state index contributed by atoms with van der Waals surface area (Å²) in [5.41, 5.74) is 0. The lowest BCUT2D eigenvalue weighted by Crippen LogP contribution is -2.45. The van der Waals surface area contributed by atoms with E-state index in [-0.39, 0.29) is 35.3 Å². The maximum absolute atomic E-state index is 15.4. The van der Waals surface area contributed by atoms with Gasteiger partial charge in [-0.3, -0.25) is 5.32 Å². The molecule has 41 heavy (non-hydrogen) atoms. The lowest BCUT2D eigenvalue weighted by molar-refractivity contribution is -0.101. The summed E-state index contributed by atoms with van der Waals surface area (Å²) in [7, 11) is -3.29. The van der Waals surface area contributed by atoms with Gasteiger partial charge in [-0.2, -0.15) is 0 Å². The summed E-state index contributed by atoms with van der Waals surface area (Å²) >= 11 is 6.29. The minimum atomic E-state index is -3.29. The number of hydrogen-bond acceptors (Lipinski definition) is 4. The normalized spacial score (nSPS) is 29.3. The number of aliphatic hydroxyl groups excluding tert-OH is 1. The molecule has 1 saturated carbocycles. The molecule has 0 aromatic heterocycles. The van der Waals surface area contributed by atoms with Gasteiger partial charge in [-0.05, 0) is 74.7 Å². The summed E-state index contributed by atoms with van der Waals surface area (Å²) in [6.07, 6.45) is 12.3. The first kappa shape index (κ1) is 36.9. The van der Waals surface area contributed by atoms with Crippen LogP contribution in [-0.2, 0) is 9.84 Å². The van der Waals surface area contributed by atoms with Crippen LogP contribution in [0.2, 0.25) is 0 Å². The van der Waals surface area contributed by atoms with Crippen LogP contribution in [0, 0.1) is 41.4 Å². The van der Waals surface area contributed by atoms with Crippen molar-refractivity contribution >= 4 is 21.4 Å². The predicted octanol–water partition coefficient (Wildman–Crippen LogP) is 8.62. The number of rotatable bonds is 19. The van der Waals surface area contributed by atoms with Gasteiger partial charge in [-0.25, -0.2) is 17.2 Å². The number of sulfone groups is 1. The van der Waals surface area contributed by atoms with E-state index in [4.69, 9.17) is 11.6 Å². The summed E-state index contributed by atoms with van der Waals surface area (Å²) in [6.45, 7) is 12.0. The fourth-order valence-corrected chi connectivity index (χ4v) is 8.65. The van der Waals surface area contributed by atoms with E-state index in [1.165, 1.54) is 12.8 Å². The van der Waals surface area contributed by atoms with E-state index in [2.05, 4.69) is 19.2 Å². The monoisotopic (exact) mass is 623 g/mol. The molecule has 0 aromatic rings. The van der Waals surface area contributed by atoms with Crippen molar-refractivity contribution in [2.45, 2.75) is 141 Å². The van der Waals surface area contributed by atoms with Crippen LogP contribution in [0.25, 0.3) is 0 Å². The minimum Gasteiger partial charge on any atom is -0.378 e. The van der Waals surface area contributed by atoms with Crippen LogP contribution >= 0.6 is 11.6 Å². The number of nitrogens with one attached hydrogen (secondary N) is 1. The molecule has 10 atom stereocenters. The fraction of sp³-hybridized carbons (Fsp3) is 0.939. The first-order valence-electron chi connectivity index (χ1n) is 16.6. The highest BCUT2D eigenvalue weighted by atomic mass is 35.5. The summed E-state index contributed by atoms with van der Waals surface area (Å²) < 4.78 is 56.5. The van der Waals surface area contributed by atoms with Crippen molar-refractivity contribution < 1.29 is 22.3 Å². The van der Waals surface area contributed by atoms with Gasteiger partial charge in [0.05, 0.1) is 10.6 Å². The smallest absolute Gasteiger partial charge is 0.250 e. The Morgan fingerprint density at radius 2 is 1.73 bits per heavy atom. The topological polar surface area (TPSA) is 66.4 Å². The van der Waals surface area contributed by atoms with Crippen molar-refractivity contribution in [2.24, 2.45) is 41.4 Å². The van der Waals surface area contributed by atoms with Crippen LogP contribution in [0.3, 0.4) is 0 Å². The van der Waals surface area contributed by atoms with Gasteiger partial charge >= 0.3 is 0 Å². The number of hydrogen-bond donors (Lipinski definition) is 2. The van der Waals surface area contributed by atoms with Crippen molar-refractivity contribution in [3.8, 4) is 0 Å². The summed E-state index contributed by atoms with van der Waals surface area (Å²) in [5, 5.41) is 13.6. The Morgan fingerprint density at radius 1 is 1.05 bits per heavy atom. The van der Waals surface area contributed by atoms with Gasteiger partial charge in [0, 0.05) is 24.0 Å². The zero-order valence-corrected chi connectivity index (χ0v) is 28.2. The van der Waals surface area contributed by atoms with Crippen LogP contribution in [0.15, 0.2) is 12.2 Å². The maximum Gasteiger partial charge on any atom is 0.250 e. The molecule has 2 aliphatic rings. The summed E-state index contributed by atoms with van der Waals surface area (Å²) in [4.78, 5) is 0. The maximum atomic E-state index is 15.4. The molecule has 2 aliphatic carbocycles. The molecule has 4 nitrogen and oxygen atoms in total. The molecule has 0 bridgehead atoms. The molecular weight excluding hydrogens is 564 g/mol. The molecular formula is C33H60ClF2NO3S. The second-order valence-electron chi connectivity index (χ2n) is 13.6. The van der Waals surface area contributed by atoms with E-state index in [0.29, 0.717) is 31.7 Å². The highest BCUT2D eigenvalue weighted by molar-refractivity contribution is 7.92. The van der Waals surface area contributed by atoms with Gasteiger partial charge in [0.25, 0.3) is 5.92 Å². The Bertz CT molecular complexity index is 886. The van der Waals surface area contributed by atoms with Crippen molar-refractivity contribution in [3.63, 3.8) is 0 Å². The van der Waals surface area contributed by atoms with Crippen molar-refractivity contribution in [1.82, 2.24) is 5.32 Å². The van der Waals surface area contributed by atoms with Crippen LogP contribution in [0.4, 0.5) is 8.78 Å². The summed E-state index contributed by atoms with van der Waals surface area (Å²) in [5.74, 6) is -2.27. The molecule has 0 amide bonds. The Hall–Kier alpha value is -0.240. The molecule has 0 saturated heterocycles. The van der Waals surface area contributed by atoms with E-state index in [1.54, 1.807) is 19.9 Å².